The molecule has 4 nitrogen and oxygen atoms in total. The van der Waals surface area contributed by atoms with Gasteiger partial charge in [0, 0.05) is 24.0 Å². The molecular formula is C21H17F5N2O2S2. The molecule has 3 aromatic rings. The molecule has 32 heavy (non-hydrogen) atoms. The number of hydrogen-bond donors (Lipinski definition) is 0. The predicted molar refractivity (Wildman–Crippen MR) is 111 cm³/mol. The molecule has 2 aromatic carbocycles. The molecule has 0 radical (unpaired) electrons. The molecule has 0 bridgehead atoms. The zero-order chi connectivity index (χ0) is 23.2. The van der Waals surface area contributed by atoms with E-state index in [0.717, 1.165) is 16.8 Å². The Bertz CT molecular complexity index is 1260. The minimum absolute atomic E-state index is 0.0405. The van der Waals surface area contributed by atoms with Gasteiger partial charge in [0.05, 0.1) is 10.9 Å². The van der Waals surface area contributed by atoms with Gasteiger partial charge in [-0.3, -0.25) is 0 Å². The van der Waals surface area contributed by atoms with Crippen LogP contribution < -0.4 is 4.90 Å². The Morgan fingerprint density at radius 1 is 0.969 bits per heavy atom. The van der Waals surface area contributed by atoms with E-state index in [1.54, 1.807) is 0 Å². The normalized spacial score (nSPS) is 15.4. The van der Waals surface area contributed by atoms with E-state index >= 15 is 0 Å². The number of piperidine rings is 1. The molecular weight excluding hydrogens is 471 g/mol. The molecule has 11 heteroatoms. The van der Waals surface area contributed by atoms with Gasteiger partial charge < -0.3 is 4.90 Å². The summed E-state index contributed by atoms with van der Waals surface area (Å²) in [5, 5.41) is 1.26. The van der Waals surface area contributed by atoms with Gasteiger partial charge >= 0.3 is 0 Å². The van der Waals surface area contributed by atoms with Crippen molar-refractivity contribution in [3.05, 3.63) is 64.3 Å². The molecule has 0 atom stereocenters. The predicted octanol–water partition coefficient (Wildman–Crippen LogP) is 5.26. The molecule has 1 aliphatic rings. The van der Waals surface area contributed by atoms with Crippen LogP contribution in [0.3, 0.4) is 0 Å². The standard InChI is InChI=1S/C21H17F5N2O2S2/c1-11-3-2-4-12(9-11)14-10-31-21(27-14)28-7-5-13(6-8-28)32(29,30)20-18(25)16(23)15(22)17(24)19(20)26/h2-4,9-10,13H,5-8H2,1H3. The van der Waals surface area contributed by atoms with Crippen LogP contribution in [0.4, 0.5) is 27.1 Å². The molecule has 0 saturated carbocycles. The summed E-state index contributed by atoms with van der Waals surface area (Å²) in [6.07, 6.45) is -0.0810. The second kappa shape index (κ2) is 8.43. The van der Waals surface area contributed by atoms with Gasteiger partial charge in [0.25, 0.3) is 0 Å². The molecule has 1 aromatic heterocycles. The number of thiazole rings is 1. The summed E-state index contributed by atoms with van der Waals surface area (Å²) in [6.45, 7) is 2.38. The first-order valence-corrected chi connectivity index (χ1v) is 12.1. The van der Waals surface area contributed by atoms with Crippen molar-refractivity contribution in [3.63, 3.8) is 0 Å². The summed E-state index contributed by atoms with van der Waals surface area (Å²) in [6, 6.07) is 7.79. The maximum absolute atomic E-state index is 14.1. The Balaban J connectivity index is 1.53. The van der Waals surface area contributed by atoms with E-state index in [1.165, 1.54) is 11.3 Å². The molecule has 1 saturated heterocycles. The average Bonchev–Trinajstić information content (AvgIpc) is 3.27. The Labute approximate surface area is 185 Å². The molecule has 0 unspecified atom stereocenters. The van der Waals surface area contributed by atoms with Crippen molar-refractivity contribution >= 4 is 26.3 Å². The van der Waals surface area contributed by atoms with Gasteiger partial charge in [0.15, 0.2) is 38.2 Å². The lowest BCUT2D eigenvalue weighted by Crippen LogP contribution is -2.40. The van der Waals surface area contributed by atoms with Crippen LogP contribution in [0.5, 0.6) is 0 Å². The number of benzene rings is 2. The van der Waals surface area contributed by atoms with E-state index in [0.29, 0.717) is 5.13 Å². The van der Waals surface area contributed by atoms with Gasteiger partial charge in [-0.15, -0.1) is 11.3 Å². The largest absolute Gasteiger partial charge is 0.348 e. The summed E-state index contributed by atoms with van der Waals surface area (Å²) >= 11 is 1.38. The van der Waals surface area contributed by atoms with Gasteiger partial charge in [0.2, 0.25) is 5.82 Å². The molecule has 0 amide bonds. The lowest BCUT2D eigenvalue weighted by atomic mass is 10.1. The third kappa shape index (κ3) is 3.88. The van der Waals surface area contributed by atoms with Gasteiger partial charge in [-0.25, -0.2) is 35.4 Å². The smallest absolute Gasteiger partial charge is 0.200 e. The fraction of sp³-hybridized carbons (Fsp3) is 0.286. The maximum atomic E-state index is 14.1. The van der Waals surface area contributed by atoms with Crippen LogP contribution >= 0.6 is 11.3 Å². The van der Waals surface area contributed by atoms with Crippen LogP contribution in [0.1, 0.15) is 18.4 Å². The number of halogens is 5. The first-order chi connectivity index (χ1) is 15.1. The molecule has 170 valence electrons. The molecule has 1 aliphatic heterocycles. The van der Waals surface area contributed by atoms with E-state index < -0.39 is 49.1 Å². The van der Waals surface area contributed by atoms with Crippen molar-refractivity contribution in [2.45, 2.75) is 29.9 Å². The van der Waals surface area contributed by atoms with Crippen molar-refractivity contribution < 1.29 is 30.4 Å². The second-order valence-electron chi connectivity index (χ2n) is 7.52. The van der Waals surface area contributed by atoms with Crippen LogP contribution in [0, 0.1) is 36.0 Å². The number of aromatic nitrogens is 1. The highest BCUT2D eigenvalue weighted by atomic mass is 32.2. The van der Waals surface area contributed by atoms with Crippen LogP contribution in [-0.2, 0) is 9.84 Å². The van der Waals surface area contributed by atoms with Crippen molar-refractivity contribution in [2.75, 3.05) is 18.0 Å². The Morgan fingerprint density at radius 2 is 1.56 bits per heavy atom. The molecule has 2 heterocycles. The average molecular weight is 489 g/mol. The van der Waals surface area contributed by atoms with E-state index in [9.17, 15) is 30.4 Å². The third-order valence-corrected chi connectivity index (χ3v) is 8.59. The highest BCUT2D eigenvalue weighted by Crippen LogP contribution is 2.34. The van der Waals surface area contributed by atoms with Crippen LogP contribution in [0.15, 0.2) is 34.5 Å². The van der Waals surface area contributed by atoms with E-state index in [-0.39, 0.29) is 25.9 Å². The fourth-order valence-electron chi connectivity index (χ4n) is 3.71. The summed E-state index contributed by atoms with van der Waals surface area (Å²) in [7, 11) is -4.77. The molecule has 0 N–H and O–H groups in total. The molecule has 0 aliphatic carbocycles. The minimum Gasteiger partial charge on any atom is -0.348 e. The molecule has 0 spiro atoms. The van der Waals surface area contributed by atoms with E-state index in [4.69, 9.17) is 0 Å². The quantitative estimate of drug-likeness (QED) is 0.218. The van der Waals surface area contributed by atoms with Crippen molar-refractivity contribution in [2.24, 2.45) is 0 Å². The maximum Gasteiger partial charge on any atom is 0.200 e. The number of aryl methyl sites for hydroxylation is 1. The summed E-state index contributed by atoms with van der Waals surface area (Å²) in [4.78, 5) is 4.67. The lowest BCUT2D eigenvalue weighted by molar-refractivity contribution is 0.356. The lowest BCUT2D eigenvalue weighted by Gasteiger charge is -2.31. The fourth-order valence-corrected chi connectivity index (χ4v) is 6.44. The number of sulfone groups is 1. The van der Waals surface area contributed by atoms with E-state index in [1.807, 2.05) is 41.5 Å². The number of rotatable bonds is 4. The topological polar surface area (TPSA) is 50.3 Å². The van der Waals surface area contributed by atoms with Crippen molar-refractivity contribution in [3.8, 4) is 11.3 Å². The zero-order valence-corrected chi connectivity index (χ0v) is 18.3. The van der Waals surface area contributed by atoms with Gasteiger partial charge in [-0.2, -0.15) is 0 Å². The second-order valence-corrected chi connectivity index (χ2v) is 10.5. The minimum atomic E-state index is -4.77. The van der Waals surface area contributed by atoms with E-state index in [2.05, 4.69) is 4.98 Å². The van der Waals surface area contributed by atoms with Gasteiger partial charge in [-0.1, -0.05) is 23.8 Å². The summed E-state index contributed by atoms with van der Waals surface area (Å²) in [5.74, 6) is -11.6. The van der Waals surface area contributed by atoms with Gasteiger partial charge in [0.1, 0.15) is 4.90 Å². The number of anilines is 1. The van der Waals surface area contributed by atoms with Gasteiger partial charge in [-0.05, 0) is 25.8 Å². The highest BCUT2D eigenvalue weighted by molar-refractivity contribution is 7.92. The first-order valence-electron chi connectivity index (χ1n) is 9.64. The molecule has 4 rings (SSSR count). The Hall–Kier alpha value is -2.53. The number of nitrogens with zero attached hydrogens (tertiary/aromatic N) is 2. The van der Waals surface area contributed by atoms with Crippen LogP contribution in [0.2, 0.25) is 0 Å². The zero-order valence-electron chi connectivity index (χ0n) is 16.7. The Kier molecular flexibility index (Phi) is 5.97. The Morgan fingerprint density at radius 3 is 2.16 bits per heavy atom. The van der Waals surface area contributed by atoms with Crippen molar-refractivity contribution in [1.82, 2.24) is 4.98 Å². The van der Waals surface area contributed by atoms with Crippen LogP contribution in [0.25, 0.3) is 11.3 Å². The summed E-state index contributed by atoms with van der Waals surface area (Å²) in [5.41, 5.74) is 2.79. The third-order valence-electron chi connectivity index (χ3n) is 5.41. The number of hydrogen-bond acceptors (Lipinski definition) is 5. The monoisotopic (exact) mass is 488 g/mol. The SMILES string of the molecule is Cc1cccc(-c2csc(N3CCC(S(=O)(=O)c4c(F)c(F)c(F)c(F)c4F)CC3)n2)c1. The summed E-state index contributed by atoms with van der Waals surface area (Å²) < 4.78 is 93.9. The molecule has 1 fully saturated rings. The highest BCUT2D eigenvalue weighted by Gasteiger charge is 2.39. The first kappa shape index (κ1) is 22.7. The van der Waals surface area contributed by atoms with Crippen LogP contribution in [-0.4, -0.2) is 31.7 Å². The van der Waals surface area contributed by atoms with Crippen molar-refractivity contribution in [1.29, 1.82) is 0 Å².